The number of nitriles is 1. The summed E-state index contributed by atoms with van der Waals surface area (Å²) in [6, 6.07) is 6.02. The maximum Gasteiger partial charge on any atom is 0.303 e. The van der Waals surface area contributed by atoms with Gasteiger partial charge in [0, 0.05) is 51.3 Å². The molecule has 12 nitrogen and oxygen atoms in total. The van der Waals surface area contributed by atoms with Crippen LogP contribution in [-0.4, -0.2) is 70.3 Å². The summed E-state index contributed by atoms with van der Waals surface area (Å²) in [7, 11) is 0. The summed E-state index contributed by atoms with van der Waals surface area (Å²) in [4.78, 5) is 57.4. The van der Waals surface area contributed by atoms with Gasteiger partial charge in [-0.05, 0) is 48.9 Å². The van der Waals surface area contributed by atoms with Crippen molar-refractivity contribution >= 4 is 35.6 Å². The van der Waals surface area contributed by atoms with Crippen molar-refractivity contribution in [3.63, 3.8) is 0 Å². The van der Waals surface area contributed by atoms with Crippen molar-refractivity contribution in [2.45, 2.75) is 101 Å². The van der Waals surface area contributed by atoms with Gasteiger partial charge in [0.25, 0.3) is 0 Å². The number of aromatic nitrogens is 2. The Labute approximate surface area is 259 Å². The lowest BCUT2D eigenvalue weighted by atomic mass is 9.89. The molecule has 0 unspecified atom stereocenters. The van der Waals surface area contributed by atoms with Crippen LogP contribution < -0.4 is 0 Å². The summed E-state index contributed by atoms with van der Waals surface area (Å²) in [5.41, 5.74) is 2.66. The predicted octanol–water partition coefficient (Wildman–Crippen LogP) is 3.85. The van der Waals surface area contributed by atoms with Gasteiger partial charge in [-0.25, -0.2) is 4.98 Å². The third-order valence-electron chi connectivity index (χ3n) is 7.20. The van der Waals surface area contributed by atoms with Crippen LogP contribution in [0.2, 0.25) is 0 Å². The molecule has 1 saturated heterocycles. The van der Waals surface area contributed by atoms with E-state index in [1.54, 1.807) is 12.4 Å². The van der Waals surface area contributed by atoms with E-state index in [2.05, 4.69) is 11.1 Å². The molecule has 1 aliphatic carbocycles. The van der Waals surface area contributed by atoms with Crippen LogP contribution in [-0.2, 0) is 55.7 Å². The number of hydrogen-bond donors (Lipinski definition) is 0. The summed E-state index contributed by atoms with van der Waals surface area (Å²) >= 11 is 1.03. The molecule has 1 fully saturated rings. The average Bonchev–Trinajstić information content (AvgIpc) is 2.95. The minimum absolute atomic E-state index is 0.313. The fourth-order valence-electron chi connectivity index (χ4n) is 5.49. The monoisotopic (exact) mass is 625 g/mol. The quantitative estimate of drug-likeness (QED) is 0.307. The van der Waals surface area contributed by atoms with E-state index < -0.39 is 53.7 Å². The van der Waals surface area contributed by atoms with E-state index in [0.717, 1.165) is 73.2 Å². The molecule has 5 atom stereocenters. The molecule has 0 aromatic carbocycles. The topological polar surface area (TPSA) is 164 Å². The molecule has 0 amide bonds. The standard InChI is InChI=1S/C31H35N3O9S/c1-17(35)39-16-25-27(40-18(2)36)28(41-19(3)37)29(42-20(4)38)31(43-25)44-30-23(15-32)26(21-11-13-33-14-12-21)22-9-7-5-6-8-10-24(22)34-30/h11-14,25,27-29,31H,5-10,16H2,1-4H3/t25-,27+,28+,29-,31+/m1/s1. The number of rotatable bonds is 8. The number of hydrogen-bond acceptors (Lipinski definition) is 13. The second kappa shape index (κ2) is 15.1. The predicted molar refractivity (Wildman–Crippen MR) is 156 cm³/mol. The first-order valence-electron chi connectivity index (χ1n) is 14.4. The number of carbonyl (C=O) groups excluding carboxylic acids is 4. The summed E-state index contributed by atoms with van der Waals surface area (Å²) in [5.74, 6) is -2.75. The maximum atomic E-state index is 12.3. The molecular weight excluding hydrogens is 590 g/mol. The lowest BCUT2D eigenvalue weighted by molar-refractivity contribution is -0.237. The van der Waals surface area contributed by atoms with E-state index in [1.807, 2.05) is 12.1 Å². The van der Waals surface area contributed by atoms with Gasteiger partial charge < -0.3 is 23.7 Å². The molecule has 0 radical (unpaired) electrons. The number of aryl methyl sites for hydroxylation is 1. The molecule has 3 heterocycles. The average molecular weight is 626 g/mol. The van der Waals surface area contributed by atoms with Gasteiger partial charge in [-0.1, -0.05) is 24.6 Å². The molecule has 0 saturated carbocycles. The van der Waals surface area contributed by atoms with Crippen LogP contribution in [0.25, 0.3) is 11.1 Å². The van der Waals surface area contributed by atoms with Gasteiger partial charge in [0.05, 0.1) is 5.56 Å². The molecule has 0 bridgehead atoms. The number of pyridine rings is 2. The summed E-state index contributed by atoms with van der Waals surface area (Å²) in [5, 5.41) is 10.8. The smallest absolute Gasteiger partial charge is 0.303 e. The van der Waals surface area contributed by atoms with Gasteiger partial charge in [-0.3, -0.25) is 24.2 Å². The zero-order valence-electron chi connectivity index (χ0n) is 25.1. The van der Waals surface area contributed by atoms with Crippen LogP contribution in [0.5, 0.6) is 0 Å². The Bertz CT molecular complexity index is 1430. The van der Waals surface area contributed by atoms with Gasteiger partial charge >= 0.3 is 23.9 Å². The highest BCUT2D eigenvalue weighted by molar-refractivity contribution is 7.99. The van der Waals surface area contributed by atoms with Crippen molar-refractivity contribution in [3.8, 4) is 17.2 Å². The number of fused-ring (bicyclic) bond motifs is 1. The molecule has 13 heteroatoms. The third-order valence-corrected chi connectivity index (χ3v) is 8.33. The molecule has 2 aromatic heterocycles. The van der Waals surface area contributed by atoms with Crippen LogP contribution in [0.3, 0.4) is 0 Å². The van der Waals surface area contributed by atoms with Crippen molar-refractivity contribution in [1.29, 1.82) is 5.26 Å². The van der Waals surface area contributed by atoms with Gasteiger partial charge in [-0.15, -0.1) is 0 Å². The third kappa shape index (κ3) is 8.12. The molecule has 0 N–H and O–H groups in total. The van der Waals surface area contributed by atoms with Crippen molar-refractivity contribution in [1.82, 2.24) is 9.97 Å². The molecule has 44 heavy (non-hydrogen) atoms. The lowest BCUT2D eigenvalue weighted by Gasteiger charge is -2.44. The summed E-state index contributed by atoms with van der Waals surface area (Å²) < 4.78 is 28.2. The van der Waals surface area contributed by atoms with Crippen LogP contribution in [0, 0.1) is 11.3 Å². The van der Waals surface area contributed by atoms with Gasteiger partial charge in [0.1, 0.15) is 23.8 Å². The normalized spacial score (nSPS) is 23.1. The molecule has 2 aromatic rings. The summed E-state index contributed by atoms with van der Waals surface area (Å²) in [6.45, 7) is 4.38. The molecule has 0 spiro atoms. The molecule has 234 valence electrons. The van der Waals surface area contributed by atoms with Crippen LogP contribution in [0.1, 0.15) is 70.2 Å². The largest absolute Gasteiger partial charge is 0.463 e. The second-order valence-electron chi connectivity index (χ2n) is 10.5. The highest BCUT2D eigenvalue weighted by Crippen LogP contribution is 2.42. The highest BCUT2D eigenvalue weighted by atomic mass is 32.2. The first-order chi connectivity index (χ1) is 21.1. The first kappa shape index (κ1) is 32.9. The Hall–Kier alpha value is -4.02. The Kier molecular flexibility index (Phi) is 11.3. The number of thioether (sulfide) groups is 1. The zero-order valence-corrected chi connectivity index (χ0v) is 25.9. The fraction of sp³-hybridized carbons (Fsp3) is 0.516. The van der Waals surface area contributed by atoms with E-state index in [1.165, 1.54) is 20.8 Å². The Morgan fingerprint density at radius 3 is 2.11 bits per heavy atom. The first-order valence-corrected chi connectivity index (χ1v) is 15.3. The van der Waals surface area contributed by atoms with Crippen LogP contribution in [0.4, 0.5) is 0 Å². The minimum atomic E-state index is -1.32. The van der Waals surface area contributed by atoms with Gasteiger partial charge in [-0.2, -0.15) is 5.26 Å². The van der Waals surface area contributed by atoms with Gasteiger partial charge in [0.15, 0.2) is 23.7 Å². The van der Waals surface area contributed by atoms with E-state index in [0.29, 0.717) is 17.0 Å². The maximum absolute atomic E-state index is 12.3. The lowest BCUT2D eigenvalue weighted by Crippen LogP contribution is -2.61. The Balaban J connectivity index is 1.86. The molecule has 4 rings (SSSR count). The Morgan fingerprint density at radius 2 is 1.50 bits per heavy atom. The zero-order chi connectivity index (χ0) is 31.8. The fourth-order valence-corrected chi connectivity index (χ4v) is 6.68. The number of esters is 4. The molecule has 2 aliphatic rings. The van der Waals surface area contributed by atoms with Crippen molar-refractivity contribution in [3.05, 3.63) is 41.3 Å². The molecular formula is C31H35N3O9S. The van der Waals surface area contributed by atoms with E-state index >= 15 is 0 Å². The Morgan fingerprint density at radius 1 is 0.886 bits per heavy atom. The number of nitrogens with zero attached hydrogens (tertiary/aromatic N) is 3. The van der Waals surface area contributed by atoms with Crippen molar-refractivity contribution < 1.29 is 42.9 Å². The minimum Gasteiger partial charge on any atom is -0.463 e. The highest BCUT2D eigenvalue weighted by Gasteiger charge is 2.52. The van der Waals surface area contributed by atoms with E-state index in [9.17, 15) is 24.4 Å². The van der Waals surface area contributed by atoms with Gasteiger partial charge in [0.2, 0.25) is 0 Å². The number of carbonyl (C=O) groups is 4. The van der Waals surface area contributed by atoms with E-state index in [-0.39, 0.29) is 6.61 Å². The van der Waals surface area contributed by atoms with E-state index in [4.69, 9.17) is 28.7 Å². The van der Waals surface area contributed by atoms with Crippen molar-refractivity contribution in [2.24, 2.45) is 0 Å². The number of ether oxygens (including phenoxy) is 5. The van der Waals surface area contributed by atoms with Crippen molar-refractivity contribution in [2.75, 3.05) is 6.61 Å². The second-order valence-corrected chi connectivity index (χ2v) is 11.6. The SMILES string of the molecule is CC(=O)OC[C@H]1O[C@@H](Sc2nc3c(c(-c4ccncc4)c2C#N)CCCCCC3)[C@H](OC(C)=O)[C@@H](OC(C)=O)[C@H]1OC(C)=O. The summed E-state index contributed by atoms with van der Waals surface area (Å²) in [6.07, 6.45) is 3.87. The van der Waals surface area contributed by atoms with Crippen LogP contribution in [0.15, 0.2) is 29.6 Å². The molecule has 1 aliphatic heterocycles. The van der Waals surface area contributed by atoms with Crippen LogP contribution >= 0.6 is 11.8 Å².